The predicted octanol–water partition coefficient (Wildman–Crippen LogP) is 1.42. The number of aliphatic hydroxyl groups excluding tert-OH is 1. The van der Waals surface area contributed by atoms with E-state index in [1.54, 1.807) is 0 Å². The molecule has 6 nitrogen and oxygen atoms in total. The molecule has 20 heavy (non-hydrogen) atoms. The highest BCUT2D eigenvalue weighted by molar-refractivity contribution is 5.73. The van der Waals surface area contributed by atoms with Crippen LogP contribution in [-0.4, -0.2) is 32.6 Å². The highest BCUT2D eigenvalue weighted by Crippen LogP contribution is 2.06. The van der Waals surface area contributed by atoms with Gasteiger partial charge in [0, 0.05) is 25.8 Å². The Labute approximate surface area is 120 Å². The fraction of sp³-hybridized carbons (Fsp3) is 0.786. The van der Waals surface area contributed by atoms with Crippen LogP contribution in [0, 0.1) is 0 Å². The smallest absolute Gasteiger partial charge is 0.217 e. The molecule has 0 spiro atoms. The minimum Gasteiger partial charge on any atom is -0.396 e. The van der Waals surface area contributed by atoms with Crippen molar-refractivity contribution in [3.63, 3.8) is 0 Å². The second kappa shape index (κ2) is 10.4. The van der Waals surface area contributed by atoms with E-state index in [2.05, 4.69) is 10.3 Å². The Hall–Kier alpha value is -1.43. The molecule has 0 aliphatic rings. The minimum atomic E-state index is -0.228. The molecule has 0 fully saturated rings. The first-order chi connectivity index (χ1) is 9.72. The van der Waals surface area contributed by atoms with Crippen LogP contribution in [-0.2, 0) is 17.8 Å². The van der Waals surface area contributed by atoms with Gasteiger partial charge in [0.2, 0.25) is 5.91 Å². The number of carbonyl (C=O) groups excluding carboxylic acids is 1. The average Bonchev–Trinajstić information content (AvgIpc) is 2.86. The Morgan fingerprint density at radius 1 is 1.15 bits per heavy atom. The lowest BCUT2D eigenvalue weighted by molar-refractivity contribution is -0.118. The van der Waals surface area contributed by atoms with Crippen LogP contribution in [0.4, 0.5) is 0 Å². The van der Waals surface area contributed by atoms with Gasteiger partial charge in [0.15, 0.2) is 0 Å². The topological polar surface area (TPSA) is 94.0 Å². The molecule has 1 rings (SSSR count). The van der Waals surface area contributed by atoms with Gasteiger partial charge in [0.1, 0.15) is 0 Å². The number of aromatic nitrogens is 3. The summed E-state index contributed by atoms with van der Waals surface area (Å²) in [5, 5.41) is 16.9. The molecule has 0 aliphatic heterocycles. The van der Waals surface area contributed by atoms with E-state index in [0.29, 0.717) is 6.42 Å². The molecule has 6 heteroatoms. The Morgan fingerprint density at radius 2 is 1.90 bits per heavy atom. The monoisotopic (exact) mass is 282 g/mol. The molecule has 1 aromatic heterocycles. The van der Waals surface area contributed by atoms with E-state index < -0.39 is 0 Å². The van der Waals surface area contributed by atoms with Crippen molar-refractivity contribution in [2.24, 2.45) is 5.73 Å². The molecule has 1 heterocycles. The van der Waals surface area contributed by atoms with Crippen LogP contribution in [0.2, 0.25) is 0 Å². The van der Waals surface area contributed by atoms with Gasteiger partial charge >= 0.3 is 0 Å². The van der Waals surface area contributed by atoms with E-state index in [9.17, 15) is 4.79 Å². The number of amides is 1. The molecule has 0 saturated heterocycles. The summed E-state index contributed by atoms with van der Waals surface area (Å²) >= 11 is 0. The molecule has 0 aromatic carbocycles. The van der Waals surface area contributed by atoms with E-state index >= 15 is 0 Å². The van der Waals surface area contributed by atoms with Gasteiger partial charge in [0.25, 0.3) is 0 Å². The van der Waals surface area contributed by atoms with E-state index in [-0.39, 0.29) is 12.5 Å². The van der Waals surface area contributed by atoms with E-state index in [1.807, 2.05) is 10.9 Å². The number of nitrogens with zero attached hydrogens (tertiary/aromatic N) is 3. The van der Waals surface area contributed by atoms with Gasteiger partial charge in [-0.05, 0) is 32.1 Å². The Bertz CT molecular complexity index is 379. The van der Waals surface area contributed by atoms with E-state index in [0.717, 1.165) is 63.6 Å². The van der Waals surface area contributed by atoms with Crippen molar-refractivity contribution in [3.05, 3.63) is 11.9 Å². The quantitative estimate of drug-likeness (QED) is 0.567. The number of hydrogen-bond acceptors (Lipinski definition) is 4. The van der Waals surface area contributed by atoms with Crippen LogP contribution in [0.25, 0.3) is 0 Å². The summed E-state index contributed by atoms with van der Waals surface area (Å²) < 4.78 is 1.87. The summed E-state index contributed by atoms with van der Waals surface area (Å²) in [6.45, 7) is 1.13. The first-order valence-electron chi connectivity index (χ1n) is 7.50. The standard InChI is InChI=1S/C14H26N4O2/c15-14(20)9-5-3-6-10-18-12-13(16-17-18)8-4-1-2-7-11-19/h12,19H,1-11H2,(H2,15,20). The number of aryl methyl sites for hydroxylation is 2. The zero-order chi connectivity index (χ0) is 14.6. The number of primary amides is 1. The largest absolute Gasteiger partial charge is 0.396 e. The van der Waals surface area contributed by atoms with Gasteiger partial charge in [-0.15, -0.1) is 5.10 Å². The van der Waals surface area contributed by atoms with Crippen molar-refractivity contribution in [1.29, 1.82) is 0 Å². The molecule has 3 N–H and O–H groups in total. The molecule has 0 radical (unpaired) electrons. The SMILES string of the molecule is NC(=O)CCCCCn1cc(CCCCCCO)nn1. The number of rotatable bonds is 12. The maximum atomic E-state index is 10.6. The molecule has 114 valence electrons. The van der Waals surface area contributed by atoms with Crippen molar-refractivity contribution < 1.29 is 9.90 Å². The van der Waals surface area contributed by atoms with E-state index in [4.69, 9.17) is 10.8 Å². The molecule has 0 atom stereocenters. The number of aliphatic hydroxyl groups is 1. The lowest BCUT2D eigenvalue weighted by atomic mass is 10.1. The molecular formula is C14H26N4O2. The van der Waals surface area contributed by atoms with Crippen LogP contribution >= 0.6 is 0 Å². The molecule has 0 aliphatic carbocycles. The van der Waals surface area contributed by atoms with Crippen molar-refractivity contribution in [1.82, 2.24) is 15.0 Å². The van der Waals surface area contributed by atoms with E-state index in [1.165, 1.54) is 0 Å². The first-order valence-corrected chi connectivity index (χ1v) is 7.50. The zero-order valence-electron chi connectivity index (χ0n) is 12.1. The summed E-state index contributed by atoms with van der Waals surface area (Å²) in [7, 11) is 0. The fourth-order valence-electron chi connectivity index (χ4n) is 2.08. The highest BCUT2D eigenvalue weighted by Gasteiger charge is 2.01. The summed E-state index contributed by atoms with van der Waals surface area (Å²) in [6.07, 6.45) is 10.4. The normalized spacial score (nSPS) is 10.8. The average molecular weight is 282 g/mol. The summed E-state index contributed by atoms with van der Waals surface area (Å²) in [6, 6.07) is 0. The summed E-state index contributed by atoms with van der Waals surface area (Å²) in [5.41, 5.74) is 6.12. The van der Waals surface area contributed by atoms with Gasteiger partial charge in [-0.3, -0.25) is 9.48 Å². The Kier molecular flexibility index (Phi) is 8.62. The fourth-order valence-corrected chi connectivity index (χ4v) is 2.08. The van der Waals surface area contributed by atoms with Crippen LogP contribution < -0.4 is 5.73 Å². The van der Waals surface area contributed by atoms with Gasteiger partial charge in [0.05, 0.1) is 5.69 Å². The van der Waals surface area contributed by atoms with Crippen LogP contribution in [0.5, 0.6) is 0 Å². The molecule has 1 aromatic rings. The number of unbranched alkanes of at least 4 members (excludes halogenated alkanes) is 5. The van der Waals surface area contributed by atoms with Gasteiger partial charge in [-0.2, -0.15) is 0 Å². The first kappa shape index (κ1) is 16.6. The highest BCUT2D eigenvalue weighted by atomic mass is 16.2. The third kappa shape index (κ3) is 7.89. The van der Waals surface area contributed by atoms with Gasteiger partial charge < -0.3 is 10.8 Å². The van der Waals surface area contributed by atoms with Crippen LogP contribution in [0.3, 0.4) is 0 Å². The summed E-state index contributed by atoms with van der Waals surface area (Å²) in [5.74, 6) is -0.228. The molecule has 1 amide bonds. The van der Waals surface area contributed by atoms with Crippen molar-refractivity contribution in [2.45, 2.75) is 64.3 Å². The molecular weight excluding hydrogens is 256 g/mol. The van der Waals surface area contributed by atoms with Gasteiger partial charge in [-0.25, -0.2) is 0 Å². The number of carbonyl (C=O) groups is 1. The maximum Gasteiger partial charge on any atom is 0.217 e. The van der Waals surface area contributed by atoms with Crippen molar-refractivity contribution in [2.75, 3.05) is 6.61 Å². The third-order valence-electron chi connectivity index (χ3n) is 3.24. The van der Waals surface area contributed by atoms with Gasteiger partial charge in [-0.1, -0.05) is 24.5 Å². The number of nitrogens with two attached hydrogens (primary N) is 1. The lowest BCUT2D eigenvalue weighted by Crippen LogP contribution is -2.09. The van der Waals surface area contributed by atoms with Crippen LogP contribution in [0.15, 0.2) is 6.20 Å². The Balaban J connectivity index is 2.08. The van der Waals surface area contributed by atoms with Crippen LogP contribution in [0.1, 0.15) is 57.1 Å². The minimum absolute atomic E-state index is 0.228. The van der Waals surface area contributed by atoms with Crippen molar-refractivity contribution in [3.8, 4) is 0 Å². The zero-order valence-corrected chi connectivity index (χ0v) is 12.1. The third-order valence-corrected chi connectivity index (χ3v) is 3.24. The lowest BCUT2D eigenvalue weighted by Gasteiger charge is -1.99. The number of hydrogen-bond donors (Lipinski definition) is 2. The Morgan fingerprint density at radius 3 is 2.65 bits per heavy atom. The predicted molar refractivity (Wildman–Crippen MR) is 76.9 cm³/mol. The molecule has 0 unspecified atom stereocenters. The summed E-state index contributed by atoms with van der Waals surface area (Å²) in [4.78, 5) is 10.6. The second-order valence-electron chi connectivity index (χ2n) is 5.14. The molecule has 0 saturated carbocycles. The second-order valence-corrected chi connectivity index (χ2v) is 5.14. The van der Waals surface area contributed by atoms with Crippen molar-refractivity contribution >= 4 is 5.91 Å². The maximum absolute atomic E-state index is 10.6. The molecule has 0 bridgehead atoms.